The maximum Gasteiger partial charge on any atom is 0.145 e. The van der Waals surface area contributed by atoms with Crippen molar-refractivity contribution in [3.8, 4) is 0 Å². The van der Waals surface area contributed by atoms with Gasteiger partial charge in [-0.3, -0.25) is 4.79 Å². The quantitative estimate of drug-likeness (QED) is 0.451. The Morgan fingerprint density at radius 3 is 2.50 bits per heavy atom. The molecule has 2 N–H and O–H groups in total. The van der Waals surface area contributed by atoms with Gasteiger partial charge >= 0.3 is 0 Å². The van der Waals surface area contributed by atoms with Crippen LogP contribution in [0.25, 0.3) is 0 Å². The van der Waals surface area contributed by atoms with Crippen molar-refractivity contribution in [1.29, 1.82) is 0 Å². The van der Waals surface area contributed by atoms with E-state index in [4.69, 9.17) is 5.21 Å². The molecule has 36 valence electrons. The van der Waals surface area contributed by atoms with Crippen molar-refractivity contribution in [3.63, 3.8) is 0 Å². The van der Waals surface area contributed by atoms with Crippen molar-refractivity contribution in [1.82, 2.24) is 5.48 Å². The molecule has 0 aromatic rings. The van der Waals surface area contributed by atoms with Gasteiger partial charge in [-0.25, -0.2) is 0 Å². The maximum absolute atomic E-state index is 9.82. The number of hydrogen-bond donors (Lipinski definition) is 2. The molecule has 0 radical (unpaired) electrons. The normalized spacial score (nSPS) is 8.33. The third kappa shape index (κ3) is 3.59. The lowest BCUT2D eigenvalue weighted by Crippen LogP contribution is -2.15. The molecule has 3 heteroatoms. The van der Waals surface area contributed by atoms with Crippen LogP contribution in [0.2, 0.25) is 0 Å². The summed E-state index contributed by atoms with van der Waals surface area (Å²) in [6.45, 7) is 1.43. The van der Waals surface area contributed by atoms with Gasteiger partial charge in [0.15, 0.2) is 0 Å². The molecule has 0 aliphatic rings. The fraction of sp³-hybridized carbons (Fsp3) is 0.667. The zero-order valence-electron chi connectivity index (χ0n) is 3.56. The van der Waals surface area contributed by atoms with E-state index in [0.717, 1.165) is 0 Å². The lowest BCUT2D eigenvalue weighted by Gasteiger charge is -1.84. The number of Topliss-reactive ketones (excluding diaryl/α,β-unsaturated/α-hetero) is 1. The van der Waals surface area contributed by atoms with E-state index in [-0.39, 0.29) is 12.3 Å². The van der Waals surface area contributed by atoms with E-state index in [1.165, 1.54) is 6.92 Å². The first-order valence-electron chi connectivity index (χ1n) is 1.63. The molecule has 0 spiro atoms. The molecule has 0 aliphatic heterocycles. The molecule has 0 aromatic heterocycles. The van der Waals surface area contributed by atoms with Gasteiger partial charge in [-0.2, -0.15) is 5.48 Å². The summed E-state index contributed by atoms with van der Waals surface area (Å²) in [6, 6.07) is 0. The molecule has 0 aliphatic carbocycles. The summed E-state index contributed by atoms with van der Waals surface area (Å²) >= 11 is 0. The van der Waals surface area contributed by atoms with Crippen LogP contribution in [0.5, 0.6) is 0 Å². The second-order valence-electron chi connectivity index (χ2n) is 1.04. The largest absolute Gasteiger partial charge is 0.316 e. The molecule has 0 unspecified atom stereocenters. The van der Waals surface area contributed by atoms with Gasteiger partial charge in [-0.05, 0) is 6.92 Å². The second kappa shape index (κ2) is 2.81. The fourth-order valence-electron chi connectivity index (χ4n) is 0.111. The molecule has 3 nitrogen and oxygen atoms in total. The van der Waals surface area contributed by atoms with Crippen molar-refractivity contribution >= 4 is 5.78 Å². The van der Waals surface area contributed by atoms with Gasteiger partial charge in [-0.1, -0.05) is 0 Å². The Bertz CT molecular complexity index is 52.8. The van der Waals surface area contributed by atoms with Crippen LogP contribution in [0.3, 0.4) is 0 Å². The molecule has 0 aromatic carbocycles. The Hall–Kier alpha value is -0.410. The molecule has 0 rings (SSSR count). The molecule has 0 saturated heterocycles. The van der Waals surface area contributed by atoms with Gasteiger partial charge in [-0.15, -0.1) is 0 Å². The van der Waals surface area contributed by atoms with Gasteiger partial charge in [0.05, 0.1) is 6.54 Å². The summed E-state index contributed by atoms with van der Waals surface area (Å²) in [6.07, 6.45) is 0. The number of nitrogens with one attached hydrogen (secondary N) is 1. The van der Waals surface area contributed by atoms with E-state index in [1.807, 2.05) is 0 Å². The highest BCUT2D eigenvalue weighted by Gasteiger charge is 1.83. The van der Waals surface area contributed by atoms with Crippen LogP contribution >= 0.6 is 0 Å². The molecule has 6 heavy (non-hydrogen) atoms. The standard InChI is InChI=1S/C3H7NO2/c1-3(5)2-4-6/h4,6H,2H2,1H3. The Kier molecular flexibility index (Phi) is 2.62. The van der Waals surface area contributed by atoms with E-state index >= 15 is 0 Å². The van der Waals surface area contributed by atoms with Gasteiger partial charge in [0.25, 0.3) is 0 Å². The van der Waals surface area contributed by atoms with E-state index < -0.39 is 0 Å². The third-order valence-corrected chi connectivity index (χ3v) is 0.328. The van der Waals surface area contributed by atoms with E-state index in [1.54, 1.807) is 5.48 Å². The van der Waals surface area contributed by atoms with Gasteiger partial charge < -0.3 is 5.21 Å². The Balaban J connectivity index is 2.83. The number of hydrogen-bond acceptors (Lipinski definition) is 3. The smallest absolute Gasteiger partial charge is 0.145 e. The molecular weight excluding hydrogens is 82.0 g/mol. The van der Waals surface area contributed by atoms with Crippen LogP contribution in [0, 0.1) is 0 Å². The average Bonchev–Trinajstić information content (AvgIpc) is 1.35. The highest BCUT2D eigenvalue weighted by molar-refractivity contribution is 5.77. The monoisotopic (exact) mass is 89.0 g/mol. The minimum absolute atomic E-state index is 0.0417. The van der Waals surface area contributed by atoms with Crippen LogP contribution in [0.1, 0.15) is 6.92 Å². The van der Waals surface area contributed by atoms with Crippen LogP contribution in [-0.4, -0.2) is 17.5 Å². The lowest BCUT2D eigenvalue weighted by molar-refractivity contribution is -0.117. The van der Waals surface area contributed by atoms with Gasteiger partial charge in [0, 0.05) is 0 Å². The van der Waals surface area contributed by atoms with E-state index in [0.29, 0.717) is 0 Å². The molecule has 0 heterocycles. The van der Waals surface area contributed by atoms with E-state index in [9.17, 15) is 4.79 Å². The van der Waals surface area contributed by atoms with Crippen molar-refractivity contribution < 1.29 is 10.0 Å². The summed E-state index contributed by atoms with van der Waals surface area (Å²) in [7, 11) is 0. The first kappa shape index (κ1) is 5.59. The Labute approximate surface area is 35.9 Å². The zero-order valence-corrected chi connectivity index (χ0v) is 3.56. The number of rotatable bonds is 2. The van der Waals surface area contributed by atoms with Crippen molar-refractivity contribution in [2.75, 3.05) is 6.54 Å². The van der Waals surface area contributed by atoms with Crippen LogP contribution < -0.4 is 5.48 Å². The molecule has 0 amide bonds. The van der Waals surface area contributed by atoms with Crippen molar-refractivity contribution in [2.45, 2.75) is 6.92 Å². The minimum Gasteiger partial charge on any atom is -0.316 e. The predicted octanol–water partition coefficient (Wildman–Crippen LogP) is -0.446. The average molecular weight is 89.1 g/mol. The second-order valence-corrected chi connectivity index (χ2v) is 1.04. The molecule has 0 saturated carbocycles. The third-order valence-electron chi connectivity index (χ3n) is 0.328. The highest BCUT2D eigenvalue weighted by Crippen LogP contribution is 1.56. The van der Waals surface area contributed by atoms with E-state index in [2.05, 4.69) is 0 Å². The van der Waals surface area contributed by atoms with Crippen molar-refractivity contribution in [3.05, 3.63) is 0 Å². The number of ketones is 1. The van der Waals surface area contributed by atoms with Crippen LogP contribution in [0.15, 0.2) is 0 Å². The summed E-state index contributed by atoms with van der Waals surface area (Å²) in [5.41, 5.74) is 1.72. The Morgan fingerprint density at radius 2 is 2.50 bits per heavy atom. The first-order chi connectivity index (χ1) is 2.77. The maximum atomic E-state index is 9.82. The topological polar surface area (TPSA) is 49.3 Å². The fourth-order valence-corrected chi connectivity index (χ4v) is 0.111. The van der Waals surface area contributed by atoms with Crippen LogP contribution in [-0.2, 0) is 4.79 Å². The predicted molar refractivity (Wildman–Crippen MR) is 20.5 cm³/mol. The molecule has 0 fully saturated rings. The summed E-state index contributed by atoms with van der Waals surface area (Å²) in [5, 5.41) is 7.77. The summed E-state index contributed by atoms with van der Waals surface area (Å²) in [4.78, 5) is 9.82. The highest BCUT2D eigenvalue weighted by atomic mass is 16.5. The number of carbonyl (C=O) groups excluding carboxylic acids is 1. The first-order valence-corrected chi connectivity index (χ1v) is 1.63. The Morgan fingerprint density at radius 1 is 2.00 bits per heavy atom. The zero-order chi connectivity index (χ0) is 4.99. The summed E-state index contributed by atoms with van der Waals surface area (Å²) in [5.74, 6) is -0.0718. The van der Waals surface area contributed by atoms with Gasteiger partial charge in [0.1, 0.15) is 5.78 Å². The van der Waals surface area contributed by atoms with Crippen molar-refractivity contribution in [2.24, 2.45) is 0 Å². The SMILES string of the molecule is CC(=O)CNO. The van der Waals surface area contributed by atoms with Crippen LogP contribution in [0.4, 0.5) is 0 Å². The lowest BCUT2D eigenvalue weighted by atomic mass is 10.5. The molecule has 0 atom stereocenters. The van der Waals surface area contributed by atoms with Gasteiger partial charge in [0.2, 0.25) is 0 Å². The number of carbonyl (C=O) groups is 1. The summed E-state index contributed by atoms with van der Waals surface area (Å²) < 4.78 is 0. The molecular formula is C3H7NO2. The molecule has 0 bridgehead atoms. The number of hydroxylamine groups is 1. The minimum atomic E-state index is -0.0718.